The molecule has 6 nitrogen and oxygen atoms in total. The number of phenols is 1. The minimum atomic E-state index is -4.36. The topological polar surface area (TPSA) is 71.2 Å². The van der Waals surface area contributed by atoms with Gasteiger partial charge in [0.2, 0.25) is 0 Å². The van der Waals surface area contributed by atoms with Crippen molar-refractivity contribution in [1.82, 2.24) is 19.7 Å². The van der Waals surface area contributed by atoms with Crippen LogP contribution in [0.1, 0.15) is 41.3 Å². The molecule has 0 unspecified atom stereocenters. The SMILES string of the molecule is CC(=O)c1cc([C@]23C[C@H]2CN(CCCSc2nnc(-c4ccc(C(F)(F)F)cc4)n2C)C3)ccc1O.Cl. The number of carbonyl (C=O) groups excluding carboxylic acids is 1. The first-order valence-corrected chi connectivity index (χ1v) is 12.8. The normalized spacial score (nSPS) is 20.9. The lowest BCUT2D eigenvalue weighted by Gasteiger charge is -2.21. The molecule has 11 heteroatoms. The third kappa shape index (κ3) is 5.37. The molecule has 3 aromatic rings. The van der Waals surface area contributed by atoms with E-state index in [2.05, 4.69) is 15.1 Å². The number of nitrogens with zero attached hydrogens (tertiary/aromatic N) is 4. The van der Waals surface area contributed by atoms with E-state index < -0.39 is 11.7 Å². The van der Waals surface area contributed by atoms with E-state index in [4.69, 9.17) is 0 Å². The number of piperidine rings is 1. The highest BCUT2D eigenvalue weighted by molar-refractivity contribution is 7.99. The molecule has 0 bridgehead atoms. The molecule has 37 heavy (non-hydrogen) atoms. The smallest absolute Gasteiger partial charge is 0.416 e. The molecule has 0 spiro atoms. The van der Waals surface area contributed by atoms with E-state index in [9.17, 15) is 23.1 Å². The van der Waals surface area contributed by atoms with E-state index >= 15 is 0 Å². The van der Waals surface area contributed by atoms with Crippen molar-refractivity contribution in [3.63, 3.8) is 0 Å². The van der Waals surface area contributed by atoms with Crippen molar-refractivity contribution >= 4 is 30.0 Å². The van der Waals surface area contributed by atoms with Crippen LogP contribution in [0.15, 0.2) is 47.6 Å². The molecular weight excluding hydrogens is 525 g/mol. The number of likely N-dealkylation sites (tertiary alicyclic amines) is 1. The standard InChI is InChI=1S/C26H27F3N4O2S.ClH/c1-16(34)21-12-19(8-9-22(21)35)25-13-20(25)14-33(15-25)10-3-11-36-24-31-30-23(32(24)2)17-4-6-18(7-5-17)26(27,28)29;/h4-9,12,20,35H,3,10-11,13-15H2,1-2H3;1H/t20-,25+;/m0./s1. The number of hydrogen-bond acceptors (Lipinski definition) is 6. The van der Waals surface area contributed by atoms with Gasteiger partial charge in [0.25, 0.3) is 0 Å². The molecule has 1 saturated heterocycles. The molecule has 2 aromatic carbocycles. The third-order valence-electron chi connectivity index (χ3n) is 7.32. The van der Waals surface area contributed by atoms with Crippen molar-refractivity contribution in [3.05, 3.63) is 59.2 Å². The largest absolute Gasteiger partial charge is 0.507 e. The van der Waals surface area contributed by atoms with Gasteiger partial charge in [0.15, 0.2) is 16.8 Å². The zero-order chi connectivity index (χ0) is 25.7. The third-order valence-corrected chi connectivity index (χ3v) is 8.43. The Labute approximate surface area is 223 Å². The Bertz CT molecular complexity index is 1300. The van der Waals surface area contributed by atoms with Gasteiger partial charge in [0.1, 0.15) is 5.75 Å². The highest BCUT2D eigenvalue weighted by Crippen LogP contribution is 2.59. The molecule has 1 aliphatic heterocycles. The summed E-state index contributed by atoms with van der Waals surface area (Å²) in [5.41, 5.74) is 1.53. The second kappa shape index (κ2) is 10.3. The van der Waals surface area contributed by atoms with Gasteiger partial charge in [0.05, 0.1) is 11.1 Å². The Morgan fingerprint density at radius 1 is 1.19 bits per heavy atom. The van der Waals surface area contributed by atoms with E-state index in [0.717, 1.165) is 61.1 Å². The molecule has 2 heterocycles. The van der Waals surface area contributed by atoms with E-state index in [1.807, 2.05) is 23.7 Å². The number of rotatable bonds is 8. The number of ketones is 1. The van der Waals surface area contributed by atoms with Crippen LogP contribution in [0.3, 0.4) is 0 Å². The van der Waals surface area contributed by atoms with Crippen LogP contribution in [0.2, 0.25) is 0 Å². The molecule has 2 fully saturated rings. The highest BCUT2D eigenvalue weighted by atomic mass is 35.5. The predicted molar refractivity (Wildman–Crippen MR) is 138 cm³/mol. The summed E-state index contributed by atoms with van der Waals surface area (Å²) in [7, 11) is 1.82. The Balaban J connectivity index is 0.00000320. The number of halogens is 4. The van der Waals surface area contributed by atoms with Crippen LogP contribution in [0, 0.1) is 5.92 Å². The summed E-state index contributed by atoms with van der Waals surface area (Å²) in [5, 5.41) is 19.1. The minimum Gasteiger partial charge on any atom is -0.507 e. The maximum absolute atomic E-state index is 12.8. The Morgan fingerprint density at radius 2 is 1.92 bits per heavy atom. The maximum atomic E-state index is 12.8. The number of hydrogen-bond donors (Lipinski definition) is 1. The minimum absolute atomic E-state index is 0. The van der Waals surface area contributed by atoms with Gasteiger partial charge in [-0.1, -0.05) is 30.0 Å². The first-order valence-electron chi connectivity index (χ1n) is 11.8. The molecule has 1 aliphatic carbocycles. The molecular formula is C26H28ClF3N4O2S. The van der Waals surface area contributed by atoms with E-state index in [-0.39, 0.29) is 29.4 Å². The average Bonchev–Trinajstić information content (AvgIpc) is 3.21. The Hall–Kier alpha value is -2.56. The molecule has 0 radical (unpaired) electrons. The van der Waals surface area contributed by atoms with Crippen LogP contribution in [-0.4, -0.2) is 55.9 Å². The lowest BCUT2D eigenvalue weighted by atomic mass is 9.92. The fourth-order valence-corrected chi connectivity index (χ4v) is 6.12. The molecule has 198 valence electrons. The molecule has 2 aliphatic rings. The number of carbonyl (C=O) groups is 1. The fraction of sp³-hybridized carbons (Fsp3) is 0.423. The summed E-state index contributed by atoms with van der Waals surface area (Å²) in [6.45, 7) is 4.41. The second-order valence-corrected chi connectivity index (χ2v) is 10.8. The fourth-order valence-electron chi connectivity index (χ4n) is 5.28. The van der Waals surface area contributed by atoms with Crippen LogP contribution in [0.4, 0.5) is 13.2 Å². The summed E-state index contributed by atoms with van der Waals surface area (Å²) >= 11 is 1.58. The molecule has 1 aromatic heterocycles. The van der Waals surface area contributed by atoms with Crippen molar-refractivity contribution in [3.8, 4) is 17.1 Å². The van der Waals surface area contributed by atoms with Gasteiger partial charge in [-0.25, -0.2) is 0 Å². The van der Waals surface area contributed by atoms with Gasteiger partial charge in [-0.2, -0.15) is 13.2 Å². The van der Waals surface area contributed by atoms with Crippen LogP contribution in [0.25, 0.3) is 11.4 Å². The molecule has 0 amide bonds. The van der Waals surface area contributed by atoms with Crippen molar-refractivity contribution < 1.29 is 23.1 Å². The van der Waals surface area contributed by atoms with Crippen molar-refractivity contribution in [2.75, 3.05) is 25.4 Å². The van der Waals surface area contributed by atoms with Gasteiger partial charge < -0.3 is 14.6 Å². The van der Waals surface area contributed by atoms with Crippen LogP contribution >= 0.6 is 24.2 Å². The number of Topliss-reactive ketones (excluding diaryl/α,β-unsaturated/α-hetero) is 1. The number of thioether (sulfide) groups is 1. The monoisotopic (exact) mass is 552 g/mol. The van der Waals surface area contributed by atoms with E-state index in [1.165, 1.54) is 19.1 Å². The zero-order valence-corrected chi connectivity index (χ0v) is 22.1. The highest BCUT2D eigenvalue weighted by Gasteiger charge is 2.60. The summed E-state index contributed by atoms with van der Waals surface area (Å²) < 4.78 is 40.3. The van der Waals surface area contributed by atoms with Gasteiger partial charge in [-0.3, -0.25) is 4.79 Å². The number of alkyl halides is 3. The summed E-state index contributed by atoms with van der Waals surface area (Å²) in [4.78, 5) is 14.3. The quantitative estimate of drug-likeness (QED) is 0.223. The number of phenolic OH excluding ortho intramolecular Hbond substituents is 1. The predicted octanol–water partition coefficient (Wildman–Crippen LogP) is 5.59. The first kappa shape index (κ1) is 27.5. The van der Waals surface area contributed by atoms with Crippen LogP contribution < -0.4 is 0 Å². The van der Waals surface area contributed by atoms with E-state index in [1.54, 1.807) is 17.8 Å². The number of fused-ring (bicyclic) bond motifs is 1. The summed E-state index contributed by atoms with van der Waals surface area (Å²) in [6.07, 6.45) is -2.28. The molecule has 5 rings (SSSR count). The Morgan fingerprint density at radius 3 is 2.59 bits per heavy atom. The summed E-state index contributed by atoms with van der Waals surface area (Å²) in [6, 6.07) is 10.4. The summed E-state index contributed by atoms with van der Waals surface area (Å²) in [5.74, 6) is 1.88. The average molecular weight is 553 g/mol. The second-order valence-electron chi connectivity index (χ2n) is 9.72. The van der Waals surface area contributed by atoms with Crippen LogP contribution in [-0.2, 0) is 18.6 Å². The van der Waals surface area contributed by atoms with Crippen molar-refractivity contribution in [2.24, 2.45) is 13.0 Å². The Kier molecular flexibility index (Phi) is 7.65. The van der Waals surface area contributed by atoms with Gasteiger partial charge >= 0.3 is 6.18 Å². The van der Waals surface area contributed by atoms with E-state index in [0.29, 0.717) is 22.9 Å². The van der Waals surface area contributed by atoms with Gasteiger partial charge in [-0.05, 0) is 62.1 Å². The number of benzene rings is 2. The number of aromatic hydroxyl groups is 1. The van der Waals surface area contributed by atoms with Crippen LogP contribution in [0.5, 0.6) is 5.75 Å². The zero-order valence-electron chi connectivity index (χ0n) is 20.5. The van der Waals surface area contributed by atoms with Gasteiger partial charge in [-0.15, -0.1) is 22.6 Å². The lowest BCUT2D eigenvalue weighted by Crippen LogP contribution is -2.28. The number of aromatic nitrogens is 3. The molecule has 1 saturated carbocycles. The van der Waals surface area contributed by atoms with Gasteiger partial charge in [0, 0.05) is 36.9 Å². The molecule has 2 atom stereocenters. The molecule has 1 N–H and O–H groups in total. The van der Waals surface area contributed by atoms with Crippen molar-refractivity contribution in [2.45, 2.75) is 36.5 Å². The first-order chi connectivity index (χ1) is 17.1. The van der Waals surface area contributed by atoms with Crippen molar-refractivity contribution in [1.29, 1.82) is 0 Å². The maximum Gasteiger partial charge on any atom is 0.416 e. The lowest BCUT2D eigenvalue weighted by molar-refractivity contribution is -0.137.